The van der Waals surface area contributed by atoms with Crippen molar-refractivity contribution >= 4 is 12.1 Å². The van der Waals surface area contributed by atoms with Crippen molar-refractivity contribution in [2.24, 2.45) is 5.41 Å². The molecule has 74 valence electrons. The van der Waals surface area contributed by atoms with Crippen LogP contribution in [0.5, 0.6) is 0 Å². The molecular formula is C11H18O2. The predicted molar refractivity (Wildman–Crippen MR) is 51.5 cm³/mol. The molecule has 1 aliphatic rings. The highest BCUT2D eigenvalue weighted by Crippen LogP contribution is 2.35. The summed E-state index contributed by atoms with van der Waals surface area (Å²) in [6, 6.07) is 0. The largest absolute Gasteiger partial charge is 0.303 e. The second-order valence-electron chi connectivity index (χ2n) is 4.25. The van der Waals surface area contributed by atoms with Crippen LogP contribution in [0.4, 0.5) is 0 Å². The van der Waals surface area contributed by atoms with Crippen molar-refractivity contribution in [3.63, 3.8) is 0 Å². The van der Waals surface area contributed by atoms with Gasteiger partial charge in [0.25, 0.3) is 0 Å². The van der Waals surface area contributed by atoms with Crippen LogP contribution in [-0.4, -0.2) is 12.1 Å². The Morgan fingerprint density at radius 3 is 2.85 bits per heavy atom. The summed E-state index contributed by atoms with van der Waals surface area (Å²) in [6.07, 6.45) is 7.23. The molecule has 0 aromatic heterocycles. The van der Waals surface area contributed by atoms with Crippen LogP contribution >= 0.6 is 0 Å². The summed E-state index contributed by atoms with van der Waals surface area (Å²) in [6.45, 7) is 2.02. The molecular weight excluding hydrogens is 164 g/mol. The number of hydrogen-bond acceptors (Lipinski definition) is 2. The Bertz CT molecular complexity index is 198. The Hall–Kier alpha value is -0.660. The lowest BCUT2D eigenvalue weighted by molar-refractivity contribution is -0.128. The maximum Gasteiger partial charge on any atom is 0.138 e. The predicted octanol–water partition coefficient (Wildman–Crippen LogP) is 2.51. The minimum Gasteiger partial charge on any atom is -0.303 e. The Labute approximate surface area is 79.7 Å². The number of Topliss-reactive ketones (excluding diaryl/α,β-unsaturated/α-hetero) is 1. The first-order valence-electron chi connectivity index (χ1n) is 5.16. The van der Waals surface area contributed by atoms with Gasteiger partial charge in [0.2, 0.25) is 0 Å². The zero-order chi connectivity index (χ0) is 9.73. The van der Waals surface area contributed by atoms with E-state index in [4.69, 9.17) is 0 Å². The zero-order valence-corrected chi connectivity index (χ0v) is 8.34. The quantitative estimate of drug-likeness (QED) is 0.496. The highest BCUT2D eigenvalue weighted by atomic mass is 16.1. The number of carbonyl (C=O) groups is 2. The van der Waals surface area contributed by atoms with E-state index in [2.05, 4.69) is 0 Å². The summed E-state index contributed by atoms with van der Waals surface area (Å²) in [5.41, 5.74) is -0.197. The van der Waals surface area contributed by atoms with E-state index >= 15 is 0 Å². The third-order valence-electron chi connectivity index (χ3n) is 3.12. The average molecular weight is 182 g/mol. The first-order chi connectivity index (χ1) is 6.19. The van der Waals surface area contributed by atoms with Crippen LogP contribution in [0.3, 0.4) is 0 Å². The second-order valence-corrected chi connectivity index (χ2v) is 4.25. The van der Waals surface area contributed by atoms with E-state index in [9.17, 15) is 9.59 Å². The van der Waals surface area contributed by atoms with Gasteiger partial charge in [-0.25, -0.2) is 0 Å². The molecule has 0 N–H and O–H groups in total. The Morgan fingerprint density at radius 1 is 1.38 bits per heavy atom. The Morgan fingerprint density at radius 2 is 2.15 bits per heavy atom. The molecule has 1 atom stereocenters. The summed E-state index contributed by atoms with van der Waals surface area (Å²) in [7, 11) is 0. The van der Waals surface area contributed by atoms with Crippen LogP contribution in [-0.2, 0) is 9.59 Å². The van der Waals surface area contributed by atoms with Crippen LogP contribution in [0.1, 0.15) is 51.9 Å². The van der Waals surface area contributed by atoms with E-state index in [1.54, 1.807) is 0 Å². The fourth-order valence-corrected chi connectivity index (χ4v) is 2.06. The van der Waals surface area contributed by atoms with Crippen LogP contribution in [0.15, 0.2) is 0 Å². The first kappa shape index (κ1) is 10.4. The molecule has 2 nitrogen and oxygen atoms in total. The molecule has 2 heteroatoms. The van der Waals surface area contributed by atoms with E-state index in [-0.39, 0.29) is 5.41 Å². The standard InChI is InChI=1S/C11H18O2/c1-11(8-5-9-12)7-4-2-3-6-10(11)13/h9H,2-8H2,1H3. The van der Waals surface area contributed by atoms with Crippen molar-refractivity contribution in [2.45, 2.75) is 51.9 Å². The molecule has 0 aromatic carbocycles. The fraction of sp³-hybridized carbons (Fsp3) is 0.818. The van der Waals surface area contributed by atoms with Gasteiger partial charge in [-0.15, -0.1) is 0 Å². The van der Waals surface area contributed by atoms with Gasteiger partial charge in [-0.2, -0.15) is 0 Å². The molecule has 0 saturated heterocycles. The van der Waals surface area contributed by atoms with Crippen molar-refractivity contribution < 1.29 is 9.59 Å². The van der Waals surface area contributed by atoms with Crippen LogP contribution in [0.25, 0.3) is 0 Å². The van der Waals surface area contributed by atoms with E-state index < -0.39 is 0 Å². The van der Waals surface area contributed by atoms with Gasteiger partial charge in [-0.1, -0.05) is 19.8 Å². The van der Waals surface area contributed by atoms with Crippen LogP contribution < -0.4 is 0 Å². The van der Waals surface area contributed by atoms with E-state index in [1.165, 1.54) is 6.42 Å². The summed E-state index contributed by atoms with van der Waals surface area (Å²) < 4.78 is 0. The van der Waals surface area contributed by atoms with Crippen molar-refractivity contribution in [1.82, 2.24) is 0 Å². The monoisotopic (exact) mass is 182 g/mol. The van der Waals surface area contributed by atoms with Crippen LogP contribution in [0.2, 0.25) is 0 Å². The van der Waals surface area contributed by atoms with Gasteiger partial charge in [0.1, 0.15) is 12.1 Å². The van der Waals surface area contributed by atoms with Crippen LogP contribution in [0, 0.1) is 5.41 Å². The van der Waals surface area contributed by atoms with Crippen molar-refractivity contribution in [3.05, 3.63) is 0 Å². The molecule has 0 aromatic rings. The lowest BCUT2D eigenvalue weighted by atomic mass is 9.78. The van der Waals surface area contributed by atoms with E-state index in [0.717, 1.165) is 38.4 Å². The van der Waals surface area contributed by atoms with Gasteiger partial charge >= 0.3 is 0 Å². The van der Waals surface area contributed by atoms with Gasteiger partial charge in [-0.3, -0.25) is 4.79 Å². The third-order valence-corrected chi connectivity index (χ3v) is 3.12. The molecule has 1 saturated carbocycles. The van der Waals surface area contributed by atoms with Gasteiger partial charge in [0.05, 0.1) is 0 Å². The number of rotatable bonds is 3. The number of ketones is 1. The average Bonchev–Trinajstić information content (AvgIpc) is 2.28. The van der Waals surface area contributed by atoms with Gasteiger partial charge < -0.3 is 4.79 Å². The minimum atomic E-state index is -0.197. The highest BCUT2D eigenvalue weighted by molar-refractivity contribution is 5.84. The van der Waals surface area contributed by atoms with Crippen molar-refractivity contribution in [2.75, 3.05) is 0 Å². The van der Waals surface area contributed by atoms with Gasteiger partial charge in [0, 0.05) is 18.3 Å². The second kappa shape index (κ2) is 4.54. The number of hydrogen-bond donors (Lipinski definition) is 0. The SMILES string of the molecule is CC1(CCC=O)CCCCCC1=O. The summed E-state index contributed by atoms with van der Waals surface area (Å²) in [4.78, 5) is 22.0. The molecule has 0 radical (unpaired) electrons. The lowest BCUT2D eigenvalue weighted by Gasteiger charge is -2.25. The van der Waals surface area contributed by atoms with E-state index in [0.29, 0.717) is 12.2 Å². The molecule has 1 fully saturated rings. The normalized spacial score (nSPS) is 29.8. The minimum absolute atomic E-state index is 0.197. The molecule has 0 aliphatic heterocycles. The summed E-state index contributed by atoms with van der Waals surface area (Å²) in [5, 5.41) is 0. The molecule has 1 rings (SSSR count). The molecule has 0 bridgehead atoms. The van der Waals surface area contributed by atoms with Gasteiger partial charge in [0.15, 0.2) is 0 Å². The fourth-order valence-electron chi connectivity index (χ4n) is 2.06. The Kier molecular flexibility index (Phi) is 3.64. The topological polar surface area (TPSA) is 34.1 Å². The maximum atomic E-state index is 11.7. The summed E-state index contributed by atoms with van der Waals surface area (Å²) in [5.74, 6) is 0.367. The zero-order valence-electron chi connectivity index (χ0n) is 8.34. The number of aldehydes is 1. The Balaban J connectivity index is 2.59. The molecule has 0 amide bonds. The van der Waals surface area contributed by atoms with Crippen molar-refractivity contribution in [1.29, 1.82) is 0 Å². The molecule has 1 unspecified atom stereocenters. The highest BCUT2D eigenvalue weighted by Gasteiger charge is 2.32. The van der Waals surface area contributed by atoms with E-state index in [1.807, 2.05) is 6.92 Å². The third kappa shape index (κ3) is 2.64. The molecule has 0 heterocycles. The van der Waals surface area contributed by atoms with Crippen molar-refractivity contribution in [3.8, 4) is 0 Å². The smallest absolute Gasteiger partial charge is 0.138 e. The number of carbonyl (C=O) groups excluding carboxylic acids is 2. The van der Waals surface area contributed by atoms with Gasteiger partial charge in [-0.05, 0) is 19.3 Å². The first-order valence-corrected chi connectivity index (χ1v) is 5.16. The maximum absolute atomic E-state index is 11.7. The molecule has 1 aliphatic carbocycles. The lowest BCUT2D eigenvalue weighted by Crippen LogP contribution is -2.26. The molecule has 13 heavy (non-hydrogen) atoms. The summed E-state index contributed by atoms with van der Waals surface area (Å²) >= 11 is 0. The molecule has 0 spiro atoms.